The van der Waals surface area contributed by atoms with Crippen molar-refractivity contribution in [3.63, 3.8) is 0 Å². The molecule has 4 aromatic carbocycles. The highest BCUT2D eigenvalue weighted by Crippen LogP contribution is 2.33. The van der Waals surface area contributed by atoms with Crippen molar-refractivity contribution in [3.05, 3.63) is 120 Å². The number of hydrogen-bond acceptors (Lipinski definition) is 2. The van der Waals surface area contributed by atoms with Crippen LogP contribution in [0.5, 0.6) is 0 Å². The van der Waals surface area contributed by atoms with Gasteiger partial charge in [-0.3, -0.25) is 4.99 Å². The second kappa shape index (κ2) is 9.43. The van der Waals surface area contributed by atoms with E-state index in [9.17, 15) is 5.11 Å². The van der Waals surface area contributed by atoms with E-state index in [0.717, 1.165) is 16.8 Å². The monoisotopic (exact) mass is 395 g/mol. The predicted molar refractivity (Wildman–Crippen MR) is 125 cm³/mol. The molecule has 0 saturated heterocycles. The van der Waals surface area contributed by atoms with Crippen LogP contribution in [0.3, 0.4) is 0 Å². The molecule has 4 aromatic rings. The lowest BCUT2D eigenvalue weighted by molar-refractivity contribution is 0.282. The molecule has 0 bridgehead atoms. The summed E-state index contributed by atoms with van der Waals surface area (Å²) in [4.78, 5) is 4.70. The van der Waals surface area contributed by atoms with Crippen LogP contribution in [0.4, 0.5) is 5.69 Å². The zero-order valence-corrected chi connectivity index (χ0v) is 16.9. The normalized spacial score (nSPS) is 11.2. The molecule has 1 N–H and O–H groups in total. The van der Waals surface area contributed by atoms with Crippen molar-refractivity contribution in [2.45, 2.75) is 6.61 Å². The predicted octanol–water partition coefficient (Wildman–Crippen LogP) is 4.69. The van der Waals surface area contributed by atoms with Gasteiger partial charge in [-0.2, -0.15) is 0 Å². The maximum absolute atomic E-state index is 9.59. The number of benzene rings is 4. The van der Waals surface area contributed by atoms with Gasteiger partial charge >= 0.3 is 0 Å². The van der Waals surface area contributed by atoms with Crippen LogP contribution in [0, 0.1) is 0 Å². The molecule has 29 heavy (non-hydrogen) atoms. The van der Waals surface area contributed by atoms with Crippen LogP contribution in [-0.2, 0) is 6.61 Å². The van der Waals surface area contributed by atoms with Crippen molar-refractivity contribution in [1.82, 2.24) is 0 Å². The van der Waals surface area contributed by atoms with Crippen LogP contribution in [0.2, 0.25) is 0 Å². The van der Waals surface area contributed by atoms with Gasteiger partial charge < -0.3 is 5.11 Å². The van der Waals surface area contributed by atoms with Crippen LogP contribution < -0.4 is 15.9 Å². The van der Waals surface area contributed by atoms with Crippen LogP contribution in [0.15, 0.2) is 114 Å². The molecule has 0 saturated carbocycles. The summed E-state index contributed by atoms with van der Waals surface area (Å²) in [6, 6.07) is 37.5. The molecule has 3 heteroatoms. The zero-order chi connectivity index (χ0) is 19.9. The van der Waals surface area contributed by atoms with Gasteiger partial charge in [0.05, 0.1) is 12.3 Å². The lowest BCUT2D eigenvalue weighted by atomic mass is 10.2. The molecule has 0 heterocycles. The SMILES string of the molecule is OCc1ccccc1N=Cc1ccccc1P(c1ccccc1)c1ccccc1. The number of hydrogen-bond donors (Lipinski definition) is 1. The summed E-state index contributed by atoms with van der Waals surface area (Å²) in [5.74, 6) is 0. The highest BCUT2D eigenvalue weighted by Gasteiger charge is 2.18. The van der Waals surface area contributed by atoms with E-state index in [2.05, 4.69) is 78.9 Å². The average molecular weight is 395 g/mol. The minimum atomic E-state index is -0.699. The molecule has 2 nitrogen and oxygen atoms in total. The summed E-state index contributed by atoms with van der Waals surface area (Å²) in [5, 5.41) is 13.5. The first-order chi connectivity index (χ1) is 14.4. The zero-order valence-electron chi connectivity index (χ0n) is 16.0. The first-order valence-corrected chi connectivity index (χ1v) is 10.9. The van der Waals surface area contributed by atoms with Gasteiger partial charge in [-0.1, -0.05) is 103 Å². The molecule has 0 aliphatic rings. The van der Waals surface area contributed by atoms with E-state index >= 15 is 0 Å². The van der Waals surface area contributed by atoms with E-state index in [1.165, 1.54) is 15.9 Å². The largest absolute Gasteiger partial charge is 0.392 e. The maximum Gasteiger partial charge on any atom is 0.0702 e. The van der Waals surface area contributed by atoms with Crippen LogP contribution in [-0.4, -0.2) is 11.3 Å². The third-order valence-corrected chi connectivity index (χ3v) is 7.23. The molecule has 0 atom stereocenters. The maximum atomic E-state index is 9.59. The summed E-state index contributed by atoms with van der Waals surface area (Å²) >= 11 is 0. The molecule has 0 fully saturated rings. The van der Waals surface area contributed by atoms with E-state index in [4.69, 9.17) is 4.99 Å². The van der Waals surface area contributed by atoms with Crippen molar-refractivity contribution in [3.8, 4) is 0 Å². The smallest absolute Gasteiger partial charge is 0.0702 e. The van der Waals surface area contributed by atoms with Gasteiger partial charge in [-0.15, -0.1) is 0 Å². The first-order valence-electron chi connectivity index (χ1n) is 9.59. The van der Waals surface area contributed by atoms with Gasteiger partial charge in [-0.05, 0) is 29.9 Å². The molecule has 0 amide bonds. The van der Waals surface area contributed by atoms with E-state index in [1.807, 2.05) is 36.5 Å². The molecule has 0 aromatic heterocycles. The standard InChI is InChI=1S/C26H22NOP/c28-20-22-12-7-9-17-25(22)27-19-21-11-8-10-18-26(21)29(23-13-3-1-4-14-23)24-15-5-2-6-16-24/h1-19,28H,20H2. The van der Waals surface area contributed by atoms with Crippen molar-refractivity contribution >= 4 is 35.7 Å². The van der Waals surface area contributed by atoms with Crippen molar-refractivity contribution in [2.24, 2.45) is 4.99 Å². The van der Waals surface area contributed by atoms with Crippen molar-refractivity contribution in [1.29, 1.82) is 0 Å². The Hall–Kier alpha value is -3.06. The molecular formula is C26H22NOP. The fourth-order valence-corrected chi connectivity index (χ4v) is 5.71. The quantitative estimate of drug-likeness (QED) is 0.373. The number of aliphatic hydroxyl groups excluding tert-OH is 1. The fourth-order valence-electron chi connectivity index (χ4n) is 3.29. The Morgan fingerprint density at radius 2 is 1.21 bits per heavy atom. The number of rotatable bonds is 6. The summed E-state index contributed by atoms with van der Waals surface area (Å²) < 4.78 is 0. The second-order valence-electron chi connectivity index (χ2n) is 6.61. The van der Waals surface area contributed by atoms with E-state index in [1.54, 1.807) is 0 Å². The lowest BCUT2D eigenvalue weighted by Gasteiger charge is -2.21. The second-order valence-corrected chi connectivity index (χ2v) is 8.80. The van der Waals surface area contributed by atoms with Gasteiger partial charge in [0.1, 0.15) is 0 Å². The molecular weight excluding hydrogens is 373 g/mol. The Labute approximate surface area is 173 Å². The van der Waals surface area contributed by atoms with Crippen LogP contribution in [0.1, 0.15) is 11.1 Å². The van der Waals surface area contributed by atoms with Gasteiger partial charge in [0.25, 0.3) is 0 Å². The van der Waals surface area contributed by atoms with E-state index < -0.39 is 7.92 Å². The minimum Gasteiger partial charge on any atom is -0.392 e. The first kappa shape index (κ1) is 19.3. The summed E-state index contributed by atoms with van der Waals surface area (Å²) in [7, 11) is -0.699. The molecule has 0 aliphatic heterocycles. The fraction of sp³-hybridized carbons (Fsp3) is 0.0385. The molecule has 0 spiro atoms. The van der Waals surface area contributed by atoms with Crippen LogP contribution in [0.25, 0.3) is 0 Å². The van der Waals surface area contributed by atoms with Gasteiger partial charge in [-0.25, -0.2) is 0 Å². The Morgan fingerprint density at radius 3 is 1.86 bits per heavy atom. The minimum absolute atomic E-state index is 0.0180. The third kappa shape index (κ3) is 4.51. The number of para-hydroxylation sites is 1. The Morgan fingerprint density at radius 1 is 0.655 bits per heavy atom. The Kier molecular flexibility index (Phi) is 6.26. The Bertz CT molecular complexity index is 1050. The molecule has 4 rings (SSSR count). The average Bonchev–Trinajstić information content (AvgIpc) is 2.80. The summed E-state index contributed by atoms with van der Waals surface area (Å²) in [5.41, 5.74) is 2.72. The lowest BCUT2D eigenvalue weighted by Crippen LogP contribution is -2.23. The summed E-state index contributed by atoms with van der Waals surface area (Å²) in [6.07, 6.45) is 1.92. The molecule has 0 radical (unpaired) electrons. The van der Waals surface area contributed by atoms with Crippen molar-refractivity contribution < 1.29 is 5.11 Å². The van der Waals surface area contributed by atoms with Gasteiger partial charge in [0.15, 0.2) is 0 Å². The number of aliphatic hydroxyl groups is 1. The topological polar surface area (TPSA) is 32.6 Å². The Balaban J connectivity index is 1.80. The molecule has 0 aliphatic carbocycles. The summed E-state index contributed by atoms with van der Waals surface area (Å²) in [6.45, 7) is -0.0180. The number of aliphatic imine (C=N–C) groups is 1. The highest BCUT2D eigenvalue weighted by atomic mass is 31.1. The molecule has 142 valence electrons. The van der Waals surface area contributed by atoms with E-state index in [-0.39, 0.29) is 6.61 Å². The van der Waals surface area contributed by atoms with Crippen LogP contribution >= 0.6 is 7.92 Å². The van der Waals surface area contributed by atoms with Crippen molar-refractivity contribution in [2.75, 3.05) is 0 Å². The molecule has 0 unspecified atom stereocenters. The van der Waals surface area contributed by atoms with Gasteiger partial charge in [0, 0.05) is 17.3 Å². The third-order valence-electron chi connectivity index (χ3n) is 4.71. The number of nitrogens with zero attached hydrogens (tertiary/aromatic N) is 1. The van der Waals surface area contributed by atoms with E-state index in [0.29, 0.717) is 0 Å². The van der Waals surface area contributed by atoms with Gasteiger partial charge in [0.2, 0.25) is 0 Å². The highest BCUT2D eigenvalue weighted by molar-refractivity contribution is 7.80.